The van der Waals surface area contributed by atoms with Crippen LogP contribution >= 0.6 is 31.9 Å². The molecule has 0 aliphatic carbocycles. The molecule has 0 unspecified atom stereocenters. The highest BCUT2D eigenvalue weighted by Crippen LogP contribution is 2.25. The highest BCUT2D eigenvalue weighted by Gasteiger charge is 2.03. The second kappa shape index (κ2) is 8.94. The van der Waals surface area contributed by atoms with Crippen molar-refractivity contribution in [1.82, 2.24) is 0 Å². The van der Waals surface area contributed by atoms with E-state index in [-0.39, 0.29) is 0 Å². The largest absolute Gasteiger partial charge is 0.491 e. The van der Waals surface area contributed by atoms with Gasteiger partial charge in [0.05, 0.1) is 6.61 Å². The van der Waals surface area contributed by atoms with Gasteiger partial charge in [0.2, 0.25) is 0 Å². The molecule has 0 saturated heterocycles. The molecule has 0 radical (unpaired) electrons. The van der Waals surface area contributed by atoms with E-state index in [9.17, 15) is 0 Å². The summed E-state index contributed by atoms with van der Waals surface area (Å²) in [4.78, 5) is 0. The van der Waals surface area contributed by atoms with Crippen molar-refractivity contribution >= 4 is 31.9 Å². The zero-order valence-corrected chi connectivity index (χ0v) is 14.1. The van der Waals surface area contributed by atoms with Crippen LogP contribution in [0.4, 0.5) is 0 Å². The van der Waals surface area contributed by atoms with Crippen LogP contribution in [0, 0.1) is 5.92 Å². The third-order valence-electron chi connectivity index (χ3n) is 2.49. The fourth-order valence-electron chi connectivity index (χ4n) is 1.42. The van der Waals surface area contributed by atoms with Gasteiger partial charge < -0.3 is 9.47 Å². The second-order valence-electron chi connectivity index (χ2n) is 4.53. The molecule has 18 heavy (non-hydrogen) atoms. The topological polar surface area (TPSA) is 18.5 Å². The molecule has 0 heterocycles. The van der Waals surface area contributed by atoms with E-state index in [1.165, 1.54) is 0 Å². The molecule has 0 aromatic heterocycles. The second-order valence-corrected chi connectivity index (χ2v) is 6.01. The number of alkyl halides is 1. The minimum Gasteiger partial charge on any atom is -0.491 e. The first-order chi connectivity index (χ1) is 8.63. The van der Waals surface area contributed by atoms with Crippen molar-refractivity contribution in [2.45, 2.75) is 25.6 Å². The van der Waals surface area contributed by atoms with Gasteiger partial charge in [-0.1, -0.05) is 45.7 Å². The van der Waals surface area contributed by atoms with Crippen molar-refractivity contribution in [2.24, 2.45) is 5.92 Å². The van der Waals surface area contributed by atoms with Crippen molar-refractivity contribution < 1.29 is 9.47 Å². The first-order valence-electron chi connectivity index (χ1n) is 6.18. The summed E-state index contributed by atoms with van der Waals surface area (Å²) in [6.45, 7) is 6.45. The van der Waals surface area contributed by atoms with Crippen LogP contribution in [0.1, 0.15) is 25.8 Å². The van der Waals surface area contributed by atoms with E-state index in [0.717, 1.165) is 34.1 Å². The first-order valence-corrected chi connectivity index (χ1v) is 8.10. The number of hydrogen-bond acceptors (Lipinski definition) is 2. The quantitative estimate of drug-likeness (QED) is 0.477. The molecule has 1 aromatic carbocycles. The molecule has 0 spiro atoms. The van der Waals surface area contributed by atoms with Crippen molar-refractivity contribution in [3.05, 3.63) is 28.2 Å². The number of hydrogen-bond donors (Lipinski definition) is 0. The molecule has 0 fully saturated rings. The van der Waals surface area contributed by atoms with Gasteiger partial charge in [-0.05, 0) is 30.5 Å². The summed E-state index contributed by atoms with van der Waals surface area (Å²) < 4.78 is 12.3. The molecule has 4 heteroatoms. The summed E-state index contributed by atoms with van der Waals surface area (Å²) in [7, 11) is 0. The normalized spacial score (nSPS) is 10.9. The van der Waals surface area contributed by atoms with Gasteiger partial charge in [-0.25, -0.2) is 0 Å². The van der Waals surface area contributed by atoms with E-state index < -0.39 is 0 Å². The zero-order chi connectivity index (χ0) is 13.4. The van der Waals surface area contributed by atoms with E-state index in [2.05, 4.69) is 51.8 Å². The van der Waals surface area contributed by atoms with E-state index in [1.54, 1.807) is 0 Å². The summed E-state index contributed by atoms with van der Waals surface area (Å²) in [5.74, 6) is 1.61. The smallest absolute Gasteiger partial charge is 0.123 e. The third kappa shape index (κ3) is 6.21. The Morgan fingerprint density at radius 1 is 1.17 bits per heavy atom. The average molecular weight is 380 g/mol. The fourth-order valence-corrected chi connectivity index (χ4v) is 2.27. The Balaban J connectivity index is 2.27. The molecule has 1 rings (SSSR count). The van der Waals surface area contributed by atoms with Crippen molar-refractivity contribution in [2.75, 3.05) is 19.8 Å². The molecule has 0 bridgehead atoms. The van der Waals surface area contributed by atoms with Crippen molar-refractivity contribution in [1.29, 1.82) is 0 Å². The minimum atomic E-state index is 0.597. The van der Waals surface area contributed by atoms with Crippen molar-refractivity contribution in [3.8, 4) is 5.75 Å². The molecule has 0 saturated carbocycles. The minimum absolute atomic E-state index is 0.597. The summed E-state index contributed by atoms with van der Waals surface area (Å²) in [6.07, 6.45) is 1.10. The molecule has 102 valence electrons. The van der Waals surface area contributed by atoms with Gasteiger partial charge in [-0.15, -0.1) is 0 Å². The van der Waals surface area contributed by atoms with Crippen LogP contribution in [0.15, 0.2) is 22.7 Å². The summed E-state index contributed by atoms with van der Waals surface area (Å²) in [5.41, 5.74) is 1.14. The number of ether oxygens (including phenoxy) is 2. The molecular formula is C14H20Br2O2. The maximum Gasteiger partial charge on any atom is 0.123 e. The highest BCUT2D eigenvalue weighted by atomic mass is 79.9. The predicted octanol–water partition coefficient (Wildman–Crippen LogP) is 4.79. The zero-order valence-electron chi connectivity index (χ0n) is 10.9. The van der Waals surface area contributed by atoms with Gasteiger partial charge in [-0.3, -0.25) is 0 Å². The highest BCUT2D eigenvalue weighted by molar-refractivity contribution is 9.10. The molecule has 2 nitrogen and oxygen atoms in total. The third-order valence-corrected chi connectivity index (χ3v) is 3.59. The van der Waals surface area contributed by atoms with Crippen LogP contribution in [0.25, 0.3) is 0 Å². The molecule has 0 N–H and O–H groups in total. The lowest BCUT2D eigenvalue weighted by atomic mass is 10.1. The van der Waals surface area contributed by atoms with E-state index >= 15 is 0 Å². The van der Waals surface area contributed by atoms with Crippen LogP contribution in [0.5, 0.6) is 5.75 Å². The average Bonchev–Trinajstić information content (AvgIpc) is 2.34. The fraction of sp³-hybridized carbons (Fsp3) is 0.571. The molecule has 0 aliphatic heterocycles. The Morgan fingerprint density at radius 2 is 1.94 bits per heavy atom. The SMILES string of the molecule is CC(C)CCOCCOc1ccc(Br)cc1CBr. The van der Waals surface area contributed by atoms with Gasteiger partial charge in [-0.2, -0.15) is 0 Å². The molecule has 1 aromatic rings. The first kappa shape index (κ1) is 16.0. The molecule has 0 amide bonds. The Labute approximate surface area is 126 Å². The maximum atomic E-state index is 5.71. The lowest BCUT2D eigenvalue weighted by Crippen LogP contribution is -2.09. The van der Waals surface area contributed by atoms with Crippen LogP contribution in [-0.4, -0.2) is 19.8 Å². The van der Waals surface area contributed by atoms with Gasteiger partial charge >= 0.3 is 0 Å². The number of benzene rings is 1. The standard InChI is InChI=1S/C14H20Br2O2/c1-11(2)5-6-17-7-8-18-14-4-3-13(16)9-12(14)10-15/h3-4,9,11H,5-8,10H2,1-2H3. The van der Waals surface area contributed by atoms with E-state index in [4.69, 9.17) is 9.47 Å². The summed E-state index contributed by atoms with van der Waals surface area (Å²) >= 11 is 6.91. The Bertz CT molecular complexity index is 354. The monoisotopic (exact) mass is 378 g/mol. The predicted molar refractivity (Wildman–Crippen MR) is 82.5 cm³/mol. The summed E-state index contributed by atoms with van der Waals surface area (Å²) in [6, 6.07) is 6.03. The van der Waals surface area contributed by atoms with E-state index in [0.29, 0.717) is 19.1 Å². The van der Waals surface area contributed by atoms with E-state index in [1.807, 2.05) is 12.1 Å². The number of halogens is 2. The summed E-state index contributed by atoms with van der Waals surface area (Å²) in [5, 5.41) is 0.788. The molecule has 0 atom stereocenters. The van der Waals surface area contributed by atoms with Crippen LogP contribution in [-0.2, 0) is 10.1 Å². The lowest BCUT2D eigenvalue weighted by molar-refractivity contribution is 0.0923. The van der Waals surface area contributed by atoms with Crippen LogP contribution in [0.2, 0.25) is 0 Å². The van der Waals surface area contributed by atoms with Gasteiger partial charge in [0, 0.05) is 22.0 Å². The van der Waals surface area contributed by atoms with Crippen LogP contribution < -0.4 is 4.74 Å². The Hall–Kier alpha value is -0.0600. The van der Waals surface area contributed by atoms with Gasteiger partial charge in [0.1, 0.15) is 12.4 Å². The lowest BCUT2D eigenvalue weighted by Gasteiger charge is -2.11. The number of rotatable bonds is 8. The van der Waals surface area contributed by atoms with Crippen LogP contribution in [0.3, 0.4) is 0 Å². The Morgan fingerprint density at radius 3 is 2.61 bits per heavy atom. The van der Waals surface area contributed by atoms with Crippen molar-refractivity contribution in [3.63, 3.8) is 0 Å². The molecular weight excluding hydrogens is 360 g/mol. The van der Waals surface area contributed by atoms with Gasteiger partial charge in [0.15, 0.2) is 0 Å². The molecule has 0 aliphatic rings. The Kier molecular flexibility index (Phi) is 7.95. The van der Waals surface area contributed by atoms with Gasteiger partial charge in [0.25, 0.3) is 0 Å². The maximum absolute atomic E-state index is 5.71.